The average Bonchev–Trinajstić information content (AvgIpc) is 2.94. The number of halogens is 1. The first kappa shape index (κ1) is 19.5. The zero-order valence-electron chi connectivity index (χ0n) is 15.0. The number of carbonyl (C=O) groups is 1. The van der Waals surface area contributed by atoms with Gasteiger partial charge in [-0.25, -0.2) is 12.8 Å². The summed E-state index contributed by atoms with van der Waals surface area (Å²) in [5.74, 6) is -0.593. The first-order valence-corrected chi connectivity index (χ1v) is 10.5. The van der Waals surface area contributed by atoms with Crippen molar-refractivity contribution in [3.05, 3.63) is 59.9 Å². The van der Waals surface area contributed by atoms with Gasteiger partial charge in [0, 0.05) is 18.8 Å². The summed E-state index contributed by atoms with van der Waals surface area (Å²) < 4.78 is 40.0. The Balaban J connectivity index is 1.64. The molecule has 144 valence electrons. The highest BCUT2D eigenvalue weighted by Gasteiger charge is 2.24. The van der Waals surface area contributed by atoms with Crippen LogP contribution in [-0.4, -0.2) is 31.7 Å². The maximum absolute atomic E-state index is 12.9. The number of benzene rings is 2. The van der Waals surface area contributed by atoms with E-state index in [9.17, 15) is 17.6 Å². The van der Waals surface area contributed by atoms with Gasteiger partial charge < -0.3 is 5.32 Å². The van der Waals surface area contributed by atoms with Gasteiger partial charge in [0.2, 0.25) is 15.9 Å². The number of amides is 1. The fourth-order valence-electron chi connectivity index (χ4n) is 3.13. The Morgan fingerprint density at radius 1 is 0.926 bits per heavy atom. The maximum atomic E-state index is 12.9. The van der Waals surface area contributed by atoms with Gasteiger partial charge in [-0.15, -0.1) is 0 Å². The van der Waals surface area contributed by atoms with Gasteiger partial charge in [-0.1, -0.05) is 25.0 Å². The Kier molecular flexibility index (Phi) is 6.23. The molecule has 0 bridgehead atoms. The van der Waals surface area contributed by atoms with Crippen molar-refractivity contribution in [2.75, 3.05) is 18.4 Å². The van der Waals surface area contributed by atoms with Crippen LogP contribution in [0.2, 0.25) is 0 Å². The summed E-state index contributed by atoms with van der Waals surface area (Å²) in [6.45, 7) is 1.11. The molecular weight excluding hydrogens is 367 g/mol. The molecule has 1 amide bonds. The normalized spacial score (nSPS) is 15.9. The van der Waals surface area contributed by atoms with Crippen LogP contribution in [0.15, 0.2) is 53.4 Å². The van der Waals surface area contributed by atoms with Crippen molar-refractivity contribution in [3.8, 4) is 0 Å². The molecule has 1 heterocycles. The second-order valence-corrected chi connectivity index (χ2v) is 8.63. The first-order valence-electron chi connectivity index (χ1n) is 9.10. The minimum atomic E-state index is -3.50. The summed E-state index contributed by atoms with van der Waals surface area (Å²) in [5.41, 5.74) is 1.23. The molecule has 2 aromatic carbocycles. The smallest absolute Gasteiger partial charge is 0.243 e. The summed E-state index contributed by atoms with van der Waals surface area (Å²) in [7, 11) is -3.50. The zero-order valence-corrected chi connectivity index (χ0v) is 15.8. The van der Waals surface area contributed by atoms with E-state index in [1.165, 1.54) is 24.3 Å². The van der Waals surface area contributed by atoms with E-state index >= 15 is 0 Å². The first-order chi connectivity index (χ1) is 12.9. The molecule has 0 atom stereocenters. The molecule has 1 saturated heterocycles. The highest BCUT2D eigenvalue weighted by Crippen LogP contribution is 2.22. The van der Waals surface area contributed by atoms with Crippen LogP contribution in [0, 0.1) is 5.82 Å². The van der Waals surface area contributed by atoms with Crippen molar-refractivity contribution in [3.63, 3.8) is 0 Å². The number of anilines is 1. The molecule has 0 aromatic heterocycles. The van der Waals surface area contributed by atoms with E-state index in [1.807, 2.05) is 0 Å². The largest absolute Gasteiger partial charge is 0.326 e. The highest BCUT2D eigenvalue weighted by atomic mass is 32.2. The van der Waals surface area contributed by atoms with E-state index in [1.54, 1.807) is 28.6 Å². The van der Waals surface area contributed by atoms with Crippen LogP contribution in [0.25, 0.3) is 0 Å². The van der Waals surface area contributed by atoms with Crippen LogP contribution in [0.3, 0.4) is 0 Å². The van der Waals surface area contributed by atoms with Crippen LogP contribution in [-0.2, 0) is 21.2 Å². The predicted molar refractivity (Wildman–Crippen MR) is 102 cm³/mol. The van der Waals surface area contributed by atoms with Gasteiger partial charge in [0.1, 0.15) is 5.82 Å². The minimum absolute atomic E-state index is 0.119. The summed E-state index contributed by atoms with van der Waals surface area (Å²) in [5, 5.41) is 2.73. The molecule has 5 nitrogen and oxygen atoms in total. The van der Waals surface area contributed by atoms with Crippen LogP contribution in [0.4, 0.5) is 10.1 Å². The fourth-order valence-corrected chi connectivity index (χ4v) is 4.65. The Morgan fingerprint density at radius 3 is 2.11 bits per heavy atom. The second kappa shape index (κ2) is 8.63. The molecule has 2 aromatic rings. The van der Waals surface area contributed by atoms with Crippen LogP contribution in [0.5, 0.6) is 0 Å². The van der Waals surface area contributed by atoms with Crippen molar-refractivity contribution in [2.24, 2.45) is 0 Å². The lowest BCUT2D eigenvalue weighted by molar-refractivity contribution is -0.115. The van der Waals surface area contributed by atoms with Gasteiger partial charge in [0.15, 0.2) is 0 Å². The molecule has 0 radical (unpaired) electrons. The molecule has 27 heavy (non-hydrogen) atoms. The van der Waals surface area contributed by atoms with Gasteiger partial charge in [0.25, 0.3) is 0 Å². The maximum Gasteiger partial charge on any atom is 0.243 e. The minimum Gasteiger partial charge on any atom is -0.326 e. The number of sulfonamides is 1. The lowest BCUT2D eigenvalue weighted by Gasteiger charge is -2.20. The van der Waals surface area contributed by atoms with Crippen molar-refractivity contribution in [2.45, 2.75) is 37.0 Å². The number of rotatable bonds is 5. The Morgan fingerprint density at radius 2 is 1.52 bits per heavy atom. The van der Waals surface area contributed by atoms with Crippen molar-refractivity contribution in [1.29, 1.82) is 0 Å². The third-order valence-corrected chi connectivity index (χ3v) is 6.53. The summed E-state index contributed by atoms with van der Waals surface area (Å²) in [6, 6.07) is 12.0. The van der Waals surface area contributed by atoms with Crippen LogP contribution < -0.4 is 5.32 Å². The Hall–Kier alpha value is -2.25. The number of hydrogen-bond donors (Lipinski definition) is 1. The molecule has 7 heteroatoms. The topological polar surface area (TPSA) is 66.5 Å². The Labute approximate surface area is 159 Å². The quantitative estimate of drug-likeness (QED) is 0.849. The molecule has 3 rings (SSSR count). The summed E-state index contributed by atoms with van der Waals surface area (Å²) >= 11 is 0. The van der Waals surface area contributed by atoms with Crippen molar-refractivity contribution >= 4 is 21.6 Å². The fraction of sp³-hybridized carbons (Fsp3) is 0.350. The molecular formula is C20H23FN2O3S. The van der Waals surface area contributed by atoms with E-state index in [0.29, 0.717) is 24.3 Å². The molecule has 1 fully saturated rings. The zero-order chi connectivity index (χ0) is 19.3. The number of nitrogens with one attached hydrogen (secondary N) is 1. The lowest BCUT2D eigenvalue weighted by atomic mass is 10.1. The van der Waals surface area contributed by atoms with E-state index < -0.39 is 10.0 Å². The van der Waals surface area contributed by atoms with Gasteiger partial charge >= 0.3 is 0 Å². The van der Waals surface area contributed by atoms with Gasteiger partial charge in [-0.05, 0) is 54.8 Å². The van der Waals surface area contributed by atoms with Crippen LogP contribution >= 0.6 is 0 Å². The number of carbonyl (C=O) groups excluding carboxylic acids is 1. The van der Waals surface area contributed by atoms with E-state index in [4.69, 9.17) is 0 Å². The molecule has 0 aliphatic carbocycles. The lowest BCUT2D eigenvalue weighted by Crippen LogP contribution is -2.31. The van der Waals surface area contributed by atoms with Gasteiger partial charge in [0.05, 0.1) is 11.3 Å². The van der Waals surface area contributed by atoms with Gasteiger partial charge in [-0.2, -0.15) is 4.31 Å². The van der Waals surface area contributed by atoms with Crippen molar-refractivity contribution < 1.29 is 17.6 Å². The third-order valence-electron chi connectivity index (χ3n) is 4.62. The average molecular weight is 390 g/mol. The van der Waals surface area contributed by atoms with E-state index in [0.717, 1.165) is 25.7 Å². The molecule has 1 N–H and O–H groups in total. The number of hydrogen-bond acceptors (Lipinski definition) is 3. The molecule has 1 aliphatic heterocycles. The Bertz CT molecular complexity index is 872. The summed E-state index contributed by atoms with van der Waals surface area (Å²) in [6.07, 6.45) is 4.01. The standard InChI is InChI=1S/C20H23FN2O3S/c21-17-7-5-16(6-8-17)15-20(24)22-18-9-11-19(12-10-18)27(25,26)23-13-3-1-2-4-14-23/h5-12H,1-4,13-15H2,(H,22,24). The molecule has 0 unspecified atom stereocenters. The van der Waals surface area contributed by atoms with E-state index in [-0.39, 0.29) is 23.0 Å². The van der Waals surface area contributed by atoms with Crippen molar-refractivity contribution in [1.82, 2.24) is 4.31 Å². The predicted octanol–water partition coefficient (Wildman–Crippen LogP) is 3.57. The highest BCUT2D eigenvalue weighted by molar-refractivity contribution is 7.89. The molecule has 0 spiro atoms. The monoisotopic (exact) mass is 390 g/mol. The van der Waals surface area contributed by atoms with Gasteiger partial charge in [-0.3, -0.25) is 4.79 Å². The SMILES string of the molecule is O=C(Cc1ccc(F)cc1)Nc1ccc(S(=O)(=O)N2CCCCCC2)cc1. The molecule has 1 aliphatic rings. The second-order valence-electron chi connectivity index (χ2n) is 6.69. The van der Waals surface area contributed by atoms with Crippen LogP contribution in [0.1, 0.15) is 31.2 Å². The molecule has 0 saturated carbocycles. The van der Waals surface area contributed by atoms with E-state index in [2.05, 4.69) is 5.32 Å². The summed E-state index contributed by atoms with van der Waals surface area (Å²) in [4.78, 5) is 12.3. The third kappa shape index (κ3) is 5.14. The number of nitrogens with zero attached hydrogens (tertiary/aromatic N) is 1.